The molecule has 0 radical (unpaired) electrons. The van der Waals surface area contributed by atoms with Crippen LogP contribution in [0.25, 0.3) is 17.0 Å². The number of alkyl carbamates (subject to hydrolysis) is 1. The molecule has 1 amide bonds. The summed E-state index contributed by atoms with van der Waals surface area (Å²) in [5, 5.41) is 13.2. The molecule has 33 heavy (non-hydrogen) atoms. The minimum atomic E-state index is -0.530. The van der Waals surface area contributed by atoms with E-state index in [2.05, 4.69) is 15.2 Å². The van der Waals surface area contributed by atoms with Crippen molar-refractivity contribution in [1.82, 2.24) is 19.7 Å². The molecule has 10 heteroatoms. The molecule has 1 aliphatic rings. The SMILES string of the molecule is COc1cc(CO)c(-c2cn3ccc(N4CC[C@@H](NC(=O)OC(C)(C)C)C4)nc3n2)cc1Cl. The lowest BCUT2D eigenvalue weighted by atomic mass is 10.1. The summed E-state index contributed by atoms with van der Waals surface area (Å²) in [6.07, 6.45) is 4.14. The van der Waals surface area contributed by atoms with Crippen LogP contribution in [-0.2, 0) is 11.3 Å². The zero-order valence-electron chi connectivity index (χ0n) is 19.1. The number of methoxy groups -OCH3 is 1. The fraction of sp³-hybridized carbons (Fsp3) is 0.435. The van der Waals surface area contributed by atoms with Gasteiger partial charge in [0, 0.05) is 31.0 Å². The molecule has 0 bridgehead atoms. The number of carbonyl (C=O) groups excluding carboxylic acids is 1. The summed E-state index contributed by atoms with van der Waals surface area (Å²) in [6.45, 7) is 6.76. The summed E-state index contributed by atoms with van der Waals surface area (Å²) in [5.41, 5.74) is 1.50. The van der Waals surface area contributed by atoms with Crippen LogP contribution in [0.2, 0.25) is 5.02 Å². The first kappa shape index (κ1) is 23.1. The zero-order valence-corrected chi connectivity index (χ0v) is 19.9. The summed E-state index contributed by atoms with van der Waals surface area (Å²) < 4.78 is 12.4. The predicted octanol–water partition coefficient (Wildman–Crippen LogP) is 3.65. The number of nitrogens with one attached hydrogen (secondary N) is 1. The largest absolute Gasteiger partial charge is 0.495 e. The van der Waals surface area contributed by atoms with Crippen LogP contribution in [0.4, 0.5) is 10.6 Å². The van der Waals surface area contributed by atoms with Gasteiger partial charge in [-0.2, -0.15) is 4.98 Å². The Hall–Kier alpha value is -3.04. The number of anilines is 1. The Labute approximate surface area is 197 Å². The highest BCUT2D eigenvalue weighted by Crippen LogP contribution is 2.34. The second kappa shape index (κ2) is 9.07. The quantitative estimate of drug-likeness (QED) is 0.583. The van der Waals surface area contributed by atoms with Crippen molar-refractivity contribution >= 4 is 29.3 Å². The Balaban J connectivity index is 1.53. The number of imidazole rings is 1. The summed E-state index contributed by atoms with van der Waals surface area (Å²) >= 11 is 6.30. The number of aliphatic hydroxyl groups excluding tert-OH is 1. The number of rotatable bonds is 5. The summed E-state index contributed by atoms with van der Waals surface area (Å²) in [5.74, 6) is 1.81. The predicted molar refractivity (Wildman–Crippen MR) is 126 cm³/mol. The third-order valence-corrected chi connectivity index (χ3v) is 5.66. The smallest absolute Gasteiger partial charge is 0.407 e. The maximum atomic E-state index is 12.1. The highest BCUT2D eigenvalue weighted by atomic mass is 35.5. The van der Waals surface area contributed by atoms with Crippen molar-refractivity contribution in [1.29, 1.82) is 0 Å². The van der Waals surface area contributed by atoms with Gasteiger partial charge in [-0.15, -0.1) is 0 Å². The van der Waals surface area contributed by atoms with Gasteiger partial charge in [0.25, 0.3) is 0 Å². The second-order valence-electron chi connectivity index (χ2n) is 9.00. The number of aromatic nitrogens is 3. The minimum absolute atomic E-state index is 0.0123. The van der Waals surface area contributed by atoms with Crippen molar-refractivity contribution in [3.63, 3.8) is 0 Å². The van der Waals surface area contributed by atoms with Crippen molar-refractivity contribution in [2.75, 3.05) is 25.1 Å². The van der Waals surface area contributed by atoms with E-state index in [9.17, 15) is 9.90 Å². The van der Waals surface area contributed by atoms with Crippen molar-refractivity contribution in [2.45, 2.75) is 45.4 Å². The van der Waals surface area contributed by atoms with Gasteiger partial charge in [-0.05, 0) is 51.0 Å². The third kappa shape index (κ3) is 5.15. The number of aliphatic hydroxyl groups is 1. The first-order valence-electron chi connectivity index (χ1n) is 10.7. The van der Waals surface area contributed by atoms with E-state index < -0.39 is 11.7 Å². The van der Waals surface area contributed by atoms with Gasteiger partial charge in [0.05, 0.1) is 30.5 Å². The number of carbonyl (C=O) groups is 1. The van der Waals surface area contributed by atoms with E-state index >= 15 is 0 Å². The Bertz CT molecular complexity index is 1170. The lowest BCUT2D eigenvalue weighted by Gasteiger charge is -2.22. The van der Waals surface area contributed by atoms with Gasteiger partial charge in [0.2, 0.25) is 5.78 Å². The van der Waals surface area contributed by atoms with Gasteiger partial charge in [-0.3, -0.25) is 4.40 Å². The number of hydrogen-bond acceptors (Lipinski definition) is 7. The standard InChI is InChI=1S/C23H28ClN5O4/c1-23(2,3)33-22(31)25-15-5-7-28(11-15)20-6-8-29-12-18(26-21(29)27-20)16-10-17(24)19(32-4)9-14(16)13-30/h6,8-10,12,15,30H,5,7,11,13H2,1-4H3,(H,25,31)/t15-/m1/s1. The topological polar surface area (TPSA) is 101 Å². The number of nitrogens with zero attached hydrogens (tertiary/aromatic N) is 4. The van der Waals surface area contributed by atoms with Crippen LogP contribution >= 0.6 is 11.6 Å². The van der Waals surface area contributed by atoms with Crippen LogP contribution in [0.3, 0.4) is 0 Å². The molecule has 0 aliphatic carbocycles. The van der Waals surface area contributed by atoms with Crippen molar-refractivity contribution in [2.24, 2.45) is 0 Å². The van der Waals surface area contributed by atoms with Gasteiger partial charge in [-0.25, -0.2) is 9.78 Å². The van der Waals surface area contributed by atoms with E-state index in [0.717, 1.165) is 24.3 Å². The molecule has 0 unspecified atom stereocenters. The number of ether oxygens (including phenoxy) is 2. The maximum Gasteiger partial charge on any atom is 0.407 e. The lowest BCUT2D eigenvalue weighted by Crippen LogP contribution is -2.40. The molecular weight excluding hydrogens is 446 g/mol. The Morgan fingerprint density at radius 3 is 2.82 bits per heavy atom. The number of benzene rings is 1. The van der Waals surface area contributed by atoms with Gasteiger partial charge in [-0.1, -0.05) is 11.6 Å². The summed E-state index contributed by atoms with van der Waals surface area (Å²) in [6, 6.07) is 5.36. The molecule has 1 aliphatic heterocycles. The molecule has 2 N–H and O–H groups in total. The van der Waals surface area contributed by atoms with Crippen LogP contribution in [0.15, 0.2) is 30.6 Å². The van der Waals surface area contributed by atoms with Gasteiger partial charge < -0.3 is 24.8 Å². The molecule has 1 aromatic carbocycles. The van der Waals surface area contributed by atoms with E-state index in [0.29, 0.717) is 34.4 Å². The van der Waals surface area contributed by atoms with E-state index in [1.165, 1.54) is 7.11 Å². The highest BCUT2D eigenvalue weighted by Gasteiger charge is 2.27. The molecule has 1 saturated heterocycles. The van der Waals surface area contributed by atoms with Gasteiger partial charge >= 0.3 is 6.09 Å². The van der Waals surface area contributed by atoms with Crippen molar-refractivity contribution < 1.29 is 19.4 Å². The molecule has 3 heterocycles. The molecule has 1 fully saturated rings. The highest BCUT2D eigenvalue weighted by molar-refractivity contribution is 6.32. The first-order valence-corrected chi connectivity index (χ1v) is 11.1. The molecule has 0 spiro atoms. The fourth-order valence-corrected chi connectivity index (χ4v) is 4.09. The average molecular weight is 474 g/mol. The van der Waals surface area contributed by atoms with Crippen LogP contribution in [-0.4, -0.2) is 57.4 Å². The van der Waals surface area contributed by atoms with Crippen LogP contribution in [0.5, 0.6) is 5.75 Å². The molecule has 9 nitrogen and oxygen atoms in total. The Morgan fingerprint density at radius 1 is 1.33 bits per heavy atom. The normalized spacial score (nSPS) is 16.3. The molecule has 3 aromatic rings. The zero-order chi connectivity index (χ0) is 23.8. The molecule has 0 saturated carbocycles. The van der Waals surface area contributed by atoms with Crippen LogP contribution in [0, 0.1) is 0 Å². The number of fused-ring (bicyclic) bond motifs is 1. The van der Waals surface area contributed by atoms with E-state index in [1.807, 2.05) is 43.6 Å². The fourth-order valence-electron chi connectivity index (χ4n) is 3.85. The second-order valence-corrected chi connectivity index (χ2v) is 9.41. The molecule has 1 atom stereocenters. The Kier molecular flexibility index (Phi) is 6.36. The number of amides is 1. The molecule has 4 rings (SSSR count). The van der Waals surface area contributed by atoms with Crippen LogP contribution < -0.4 is 15.0 Å². The Morgan fingerprint density at radius 2 is 2.12 bits per heavy atom. The average Bonchev–Trinajstić information content (AvgIpc) is 3.38. The van der Waals surface area contributed by atoms with Gasteiger partial charge in [0.15, 0.2) is 0 Å². The summed E-state index contributed by atoms with van der Waals surface area (Å²) in [4.78, 5) is 23.5. The van der Waals surface area contributed by atoms with Gasteiger partial charge in [0.1, 0.15) is 17.2 Å². The maximum absolute atomic E-state index is 12.1. The third-order valence-electron chi connectivity index (χ3n) is 5.37. The number of halogens is 1. The molecular formula is C23H28ClN5O4. The monoisotopic (exact) mass is 473 g/mol. The molecule has 176 valence electrons. The summed E-state index contributed by atoms with van der Waals surface area (Å²) in [7, 11) is 1.53. The number of hydrogen-bond donors (Lipinski definition) is 2. The van der Waals surface area contributed by atoms with Crippen molar-refractivity contribution in [3.05, 3.63) is 41.2 Å². The van der Waals surface area contributed by atoms with Crippen molar-refractivity contribution in [3.8, 4) is 17.0 Å². The van der Waals surface area contributed by atoms with Crippen LogP contribution in [0.1, 0.15) is 32.8 Å². The minimum Gasteiger partial charge on any atom is -0.495 e. The van der Waals surface area contributed by atoms with E-state index in [1.54, 1.807) is 12.1 Å². The van der Waals surface area contributed by atoms with E-state index in [4.69, 9.17) is 26.1 Å². The lowest BCUT2D eigenvalue weighted by molar-refractivity contribution is 0.0509. The molecule has 2 aromatic heterocycles. The van der Waals surface area contributed by atoms with E-state index in [-0.39, 0.29) is 12.6 Å². The first-order chi connectivity index (χ1) is 15.7.